The molecule has 0 unspecified atom stereocenters. The van der Waals surface area contributed by atoms with Crippen molar-refractivity contribution in [2.75, 3.05) is 0 Å². The molecule has 0 aliphatic rings. The van der Waals surface area contributed by atoms with Crippen LogP contribution in [0.5, 0.6) is 0 Å². The van der Waals surface area contributed by atoms with Crippen LogP contribution in [0.3, 0.4) is 0 Å². The SMILES string of the molecule is I[C](C(I)(I)I)C(I)(I)C(I)(I)C(I)(I)I. The zero-order chi connectivity index (χ0) is 13.6. The Morgan fingerprint density at radius 1 is 0.625 bits per heavy atom. The second-order valence-electron chi connectivity index (χ2n) is 2.46. The minimum absolute atomic E-state index is 0.0946. The van der Waals surface area contributed by atoms with Gasteiger partial charge >= 0.3 is 0 Å². The van der Waals surface area contributed by atoms with Crippen LogP contribution < -0.4 is 0 Å². The van der Waals surface area contributed by atoms with Crippen LogP contribution in [-0.2, 0) is 0 Å². The van der Waals surface area contributed by atoms with E-state index >= 15 is 0 Å². The fraction of sp³-hybridized carbons (Fsp3) is 0.800. The molecule has 0 aliphatic heterocycles. The van der Waals surface area contributed by atoms with Gasteiger partial charge in [-0.25, -0.2) is 0 Å². The predicted molar refractivity (Wildman–Crippen MR) is 168 cm³/mol. The maximum Gasteiger partial charge on any atom is 0.149 e. The summed E-state index contributed by atoms with van der Waals surface area (Å²) >= 11 is 28.0. The summed E-state index contributed by atoms with van der Waals surface area (Å²) in [6.45, 7) is 0. The van der Waals surface area contributed by atoms with E-state index in [1.54, 1.807) is 0 Å². The summed E-state index contributed by atoms with van der Waals surface area (Å²) in [5.41, 5.74) is 0. The second-order valence-corrected chi connectivity index (χ2v) is 36.2. The molecule has 11 heteroatoms. The lowest BCUT2D eigenvalue weighted by atomic mass is 10.3. The van der Waals surface area contributed by atoms with Gasteiger partial charge in [0.2, 0.25) is 0 Å². The summed E-state index contributed by atoms with van der Waals surface area (Å²) in [4.78, 5) is 0. The van der Waals surface area contributed by atoms with Crippen molar-refractivity contribution in [3.63, 3.8) is 0 Å². The van der Waals surface area contributed by atoms with Crippen LogP contribution in [0.2, 0.25) is 0 Å². The number of alkyl halides is 10. The molecule has 0 spiro atoms. The van der Waals surface area contributed by atoms with Gasteiger partial charge in [0.05, 0.1) is 0 Å². The molecule has 0 N–H and O–H groups in total. The molecule has 0 aromatic heterocycles. The first-order valence-corrected chi connectivity index (χ1v) is 14.9. The van der Waals surface area contributed by atoms with Gasteiger partial charge in [-0.2, -0.15) is 0 Å². The van der Waals surface area contributed by atoms with Crippen molar-refractivity contribution in [3.05, 3.63) is 3.92 Å². The first-order valence-electron chi connectivity index (χ1n) is 3.08. The molecule has 0 heterocycles. The van der Waals surface area contributed by atoms with E-state index in [-0.39, 0.29) is 1.73 Å². The summed E-state index contributed by atoms with van der Waals surface area (Å²) in [5, 5.41) is 0. The van der Waals surface area contributed by atoms with E-state index in [0.29, 0.717) is 0 Å². The van der Waals surface area contributed by atoms with Crippen molar-refractivity contribution < 1.29 is 0 Å². The number of hydrogen-bond acceptors (Lipinski definition) is 0. The minimum Gasteiger partial charge on any atom is -0.0716 e. The van der Waals surface area contributed by atoms with Gasteiger partial charge < -0.3 is 0 Å². The average molecular weight is 1460 g/mol. The molecule has 0 saturated carbocycles. The summed E-state index contributed by atoms with van der Waals surface area (Å²) < 4.78 is 2.00. The Kier molecular flexibility index (Phi) is 13.7. The molecule has 0 aromatic carbocycles. The van der Waals surface area contributed by atoms with Crippen LogP contribution in [0, 0.1) is 3.92 Å². The van der Waals surface area contributed by atoms with Crippen LogP contribution in [-0.4, -0.2) is 1.73 Å². The molecule has 0 amide bonds. The van der Waals surface area contributed by atoms with Gasteiger partial charge in [-0.3, -0.25) is 0 Å². The van der Waals surface area contributed by atoms with Crippen molar-refractivity contribution in [1.82, 2.24) is 0 Å². The van der Waals surface area contributed by atoms with Crippen LogP contribution in [0.4, 0.5) is 0 Å². The Balaban J connectivity index is 5.37. The first kappa shape index (κ1) is 24.0. The van der Waals surface area contributed by atoms with Crippen molar-refractivity contribution in [2.45, 2.75) is 1.73 Å². The Morgan fingerprint density at radius 3 is 1.12 bits per heavy atom. The summed E-state index contributed by atoms with van der Waals surface area (Å²) in [7, 11) is 0. The molecule has 97 valence electrons. The van der Waals surface area contributed by atoms with E-state index in [0.717, 1.165) is 0 Å². The Hall–Kier alpha value is 8.03. The maximum absolute atomic E-state index is 2.59. The third-order valence-electron chi connectivity index (χ3n) is 1.27. The number of halogens is 11. The summed E-state index contributed by atoms with van der Waals surface area (Å²) in [6, 6.07) is 0. The Bertz CT molecular complexity index is 244. The monoisotopic (exact) mass is 1460 g/mol. The van der Waals surface area contributed by atoms with Gasteiger partial charge in [0, 0.05) is 0 Å². The molecule has 0 aliphatic carbocycles. The minimum atomic E-state index is 0.0946. The van der Waals surface area contributed by atoms with Gasteiger partial charge in [-0.15, -0.1) is 0 Å². The quantitative estimate of drug-likeness (QED) is 0.195. The van der Waals surface area contributed by atoms with Crippen molar-refractivity contribution >= 4 is 248 Å². The van der Waals surface area contributed by atoms with Gasteiger partial charge in [0.15, 0.2) is 0 Å². The van der Waals surface area contributed by atoms with Gasteiger partial charge in [-0.1, -0.05) is 248 Å². The molecule has 1 radical (unpaired) electrons. The third-order valence-corrected chi connectivity index (χ3v) is 28.4. The lowest BCUT2D eigenvalue weighted by molar-refractivity contribution is 0.943. The average Bonchev–Trinajstić information content (AvgIpc) is 1.98. The largest absolute Gasteiger partial charge is 0.149 e. The fourth-order valence-corrected chi connectivity index (χ4v) is 12.7. The highest BCUT2D eigenvalue weighted by Gasteiger charge is 2.62. The van der Waals surface area contributed by atoms with Crippen molar-refractivity contribution in [1.29, 1.82) is 0 Å². The van der Waals surface area contributed by atoms with Crippen molar-refractivity contribution in [3.8, 4) is 0 Å². The molecule has 0 bridgehead atoms. The zero-order valence-electron chi connectivity index (χ0n) is 6.66. The highest BCUT2D eigenvalue weighted by atomic mass is 127. The van der Waals surface area contributed by atoms with E-state index in [2.05, 4.69) is 248 Å². The highest BCUT2D eigenvalue weighted by molar-refractivity contribution is 14.3. The van der Waals surface area contributed by atoms with Crippen LogP contribution in [0.15, 0.2) is 0 Å². The summed E-state index contributed by atoms with van der Waals surface area (Å²) in [6.07, 6.45) is 0. The molecule has 0 saturated heterocycles. The van der Waals surface area contributed by atoms with E-state index in [1.807, 2.05) is 0 Å². The maximum atomic E-state index is 2.59. The normalized spacial score (nSPS) is 15.8. The number of hydrogen-bond donors (Lipinski definition) is 0. The Morgan fingerprint density at radius 2 is 0.938 bits per heavy atom. The van der Waals surface area contributed by atoms with E-state index < -0.39 is 0 Å². The van der Waals surface area contributed by atoms with E-state index in [9.17, 15) is 0 Å². The van der Waals surface area contributed by atoms with Crippen LogP contribution in [0.25, 0.3) is 0 Å². The number of rotatable bonds is 4. The third kappa shape index (κ3) is 6.74. The lowest BCUT2D eigenvalue weighted by Crippen LogP contribution is -2.48. The molecule has 0 fully saturated rings. The molecule has 0 aromatic rings. The second kappa shape index (κ2) is 9.11. The van der Waals surface area contributed by atoms with Crippen LogP contribution in [0.1, 0.15) is 0 Å². The highest BCUT2D eigenvalue weighted by Crippen LogP contribution is 2.71. The Labute approximate surface area is 246 Å². The molecule has 0 atom stereocenters. The topological polar surface area (TPSA) is 0 Å². The molecular formula is C5I11. The van der Waals surface area contributed by atoms with Crippen LogP contribution >= 0.6 is 248 Å². The predicted octanol–water partition coefficient (Wildman–Crippen LogP) is 9.00. The van der Waals surface area contributed by atoms with Gasteiger partial charge in [0.1, 0.15) is 5.65 Å². The summed E-state index contributed by atoms with van der Waals surface area (Å²) in [5.74, 6) is 0. The fourth-order valence-electron chi connectivity index (χ4n) is 0.494. The molecule has 0 nitrogen and oxygen atoms in total. The van der Waals surface area contributed by atoms with E-state index in [1.165, 1.54) is 3.92 Å². The van der Waals surface area contributed by atoms with Gasteiger partial charge in [-0.05, 0) is 0 Å². The zero-order valence-corrected chi connectivity index (χ0v) is 30.4. The smallest absolute Gasteiger partial charge is 0.0716 e. The van der Waals surface area contributed by atoms with E-state index in [4.69, 9.17) is 0 Å². The lowest BCUT2D eigenvalue weighted by Gasteiger charge is -2.45. The van der Waals surface area contributed by atoms with Crippen molar-refractivity contribution in [2.24, 2.45) is 0 Å². The first-order chi connectivity index (χ1) is 6.65. The standard InChI is InChI=1S/C5I11/c6-1(3(9,10)11)2(7,8)4(12,13)5(14,15)16. The van der Waals surface area contributed by atoms with Gasteiger partial charge in [0.25, 0.3) is 0 Å². The molecule has 0 rings (SSSR count). The molecular weight excluding hydrogens is 1460 g/mol. The molecule has 16 heavy (non-hydrogen) atoms.